The number of aromatic carboxylic acids is 1. The molecule has 0 spiro atoms. The van der Waals surface area contributed by atoms with E-state index in [1.165, 1.54) is 17.4 Å². The van der Waals surface area contributed by atoms with Gasteiger partial charge in [-0.25, -0.2) is 14.8 Å². The number of carboxylic acid groups (broad SMARTS) is 1. The van der Waals surface area contributed by atoms with E-state index in [1.807, 2.05) is 12.3 Å². The van der Waals surface area contributed by atoms with Crippen LogP contribution in [-0.2, 0) is 0 Å². The van der Waals surface area contributed by atoms with E-state index >= 15 is 0 Å². The van der Waals surface area contributed by atoms with Crippen LogP contribution in [0, 0.1) is 13.8 Å². The number of aromatic nitrogens is 2. The van der Waals surface area contributed by atoms with Crippen LogP contribution in [0.3, 0.4) is 0 Å². The number of carbonyl (C=O) groups is 1. The summed E-state index contributed by atoms with van der Waals surface area (Å²) in [5.41, 5.74) is 1.64. The van der Waals surface area contributed by atoms with Gasteiger partial charge in [-0.3, -0.25) is 0 Å². The lowest BCUT2D eigenvalue weighted by Crippen LogP contribution is -2.03. The molecule has 0 aliphatic heterocycles. The lowest BCUT2D eigenvalue weighted by Gasteiger charge is -2.04. The first kappa shape index (κ1) is 11.5. The van der Waals surface area contributed by atoms with Crippen molar-refractivity contribution in [2.45, 2.75) is 13.8 Å². The SMILES string of the molecule is Cc1csc(Nc2ccc(C(=O)O)c(C)n2)n1. The van der Waals surface area contributed by atoms with Gasteiger partial charge in [-0.15, -0.1) is 11.3 Å². The number of rotatable bonds is 3. The Kier molecular flexibility index (Phi) is 3.06. The van der Waals surface area contributed by atoms with Crippen molar-refractivity contribution < 1.29 is 9.90 Å². The maximum absolute atomic E-state index is 10.8. The molecule has 5 nitrogen and oxygen atoms in total. The van der Waals surface area contributed by atoms with E-state index in [9.17, 15) is 4.79 Å². The molecule has 17 heavy (non-hydrogen) atoms. The maximum Gasteiger partial charge on any atom is 0.337 e. The van der Waals surface area contributed by atoms with Crippen molar-refractivity contribution in [1.29, 1.82) is 0 Å². The van der Waals surface area contributed by atoms with Crippen LogP contribution in [0.2, 0.25) is 0 Å². The van der Waals surface area contributed by atoms with Crippen LogP contribution >= 0.6 is 11.3 Å². The molecule has 0 aliphatic carbocycles. The fraction of sp³-hybridized carbons (Fsp3) is 0.182. The van der Waals surface area contributed by atoms with Gasteiger partial charge in [0.25, 0.3) is 0 Å². The highest BCUT2D eigenvalue weighted by Crippen LogP contribution is 2.20. The standard InChI is InChI=1S/C11H11N3O2S/c1-6-5-17-11(12-6)14-9-4-3-8(10(15)16)7(2)13-9/h3-5H,1-2H3,(H,15,16)(H,12,13,14). The molecule has 0 radical (unpaired) electrons. The summed E-state index contributed by atoms with van der Waals surface area (Å²) < 4.78 is 0. The molecule has 2 aromatic rings. The number of carboxylic acids is 1. The van der Waals surface area contributed by atoms with Crippen molar-refractivity contribution in [1.82, 2.24) is 9.97 Å². The van der Waals surface area contributed by atoms with Crippen molar-refractivity contribution >= 4 is 28.3 Å². The van der Waals surface area contributed by atoms with Gasteiger partial charge in [0.2, 0.25) is 0 Å². The summed E-state index contributed by atoms with van der Waals surface area (Å²) in [6, 6.07) is 3.17. The van der Waals surface area contributed by atoms with E-state index in [0.29, 0.717) is 11.5 Å². The number of pyridine rings is 1. The third kappa shape index (κ3) is 2.59. The summed E-state index contributed by atoms with van der Waals surface area (Å²) >= 11 is 1.48. The van der Waals surface area contributed by atoms with Crippen LogP contribution in [0.25, 0.3) is 0 Å². The molecule has 6 heteroatoms. The van der Waals surface area contributed by atoms with E-state index in [4.69, 9.17) is 5.11 Å². The highest BCUT2D eigenvalue weighted by molar-refractivity contribution is 7.13. The van der Waals surface area contributed by atoms with Gasteiger partial charge in [-0.05, 0) is 26.0 Å². The van der Waals surface area contributed by atoms with Gasteiger partial charge in [0.1, 0.15) is 5.82 Å². The average molecular weight is 249 g/mol. The molecule has 2 aromatic heterocycles. The lowest BCUT2D eigenvalue weighted by molar-refractivity contribution is 0.0695. The lowest BCUT2D eigenvalue weighted by atomic mass is 10.2. The van der Waals surface area contributed by atoms with Crippen LogP contribution in [0.15, 0.2) is 17.5 Å². The quantitative estimate of drug-likeness (QED) is 0.874. The van der Waals surface area contributed by atoms with Crippen molar-refractivity contribution in [3.05, 3.63) is 34.5 Å². The Morgan fingerprint density at radius 3 is 2.65 bits per heavy atom. The first-order valence-corrected chi connectivity index (χ1v) is 5.84. The molecule has 0 saturated heterocycles. The van der Waals surface area contributed by atoms with E-state index in [-0.39, 0.29) is 5.56 Å². The van der Waals surface area contributed by atoms with Crippen LogP contribution in [0.5, 0.6) is 0 Å². The van der Waals surface area contributed by atoms with Gasteiger partial charge < -0.3 is 10.4 Å². The molecule has 0 unspecified atom stereocenters. The van der Waals surface area contributed by atoms with Crippen molar-refractivity contribution in [2.24, 2.45) is 0 Å². The number of hydrogen-bond acceptors (Lipinski definition) is 5. The Labute approximate surface area is 102 Å². The Morgan fingerprint density at radius 1 is 1.35 bits per heavy atom. The molecule has 2 heterocycles. The van der Waals surface area contributed by atoms with E-state index in [2.05, 4.69) is 15.3 Å². The second-order valence-corrected chi connectivity index (χ2v) is 4.41. The zero-order valence-electron chi connectivity index (χ0n) is 9.39. The van der Waals surface area contributed by atoms with Gasteiger partial charge in [-0.2, -0.15) is 0 Å². The Bertz CT molecular complexity index is 566. The fourth-order valence-electron chi connectivity index (χ4n) is 1.38. The van der Waals surface area contributed by atoms with Gasteiger partial charge in [-0.1, -0.05) is 0 Å². The molecule has 0 fully saturated rings. The van der Waals surface area contributed by atoms with Crippen molar-refractivity contribution in [2.75, 3.05) is 5.32 Å². The minimum Gasteiger partial charge on any atom is -0.478 e. The van der Waals surface area contributed by atoms with Gasteiger partial charge in [0.05, 0.1) is 17.0 Å². The molecule has 0 atom stereocenters. The highest BCUT2D eigenvalue weighted by Gasteiger charge is 2.09. The largest absolute Gasteiger partial charge is 0.478 e. The second-order valence-electron chi connectivity index (χ2n) is 3.55. The van der Waals surface area contributed by atoms with Crippen LogP contribution in [0.4, 0.5) is 10.9 Å². The Morgan fingerprint density at radius 2 is 2.12 bits per heavy atom. The van der Waals surface area contributed by atoms with Crippen molar-refractivity contribution in [3.8, 4) is 0 Å². The zero-order valence-corrected chi connectivity index (χ0v) is 10.2. The highest BCUT2D eigenvalue weighted by atomic mass is 32.1. The third-order valence-corrected chi connectivity index (χ3v) is 3.05. The summed E-state index contributed by atoms with van der Waals surface area (Å²) in [7, 11) is 0. The van der Waals surface area contributed by atoms with Gasteiger partial charge in [0, 0.05) is 5.38 Å². The summed E-state index contributed by atoms with van der Waals surface area (Å²) in [5, 5.41) is 14.6. The average Bonchev–Trinajstić information content (AvgIpc) is 2.63. The number of aryl methyl sites for hydroxylation is 2. The van der Waals surface area contributed by atoms with Crippen LogP contribution in [-0.4, -0.2) is 21.0 Å². The third-order valence-electron chi connectivity index (χ3n) is 2.17. The summed E-state index contributed by atoms with van der Waals surface area (Å²) in [4.78, 5) is 19.2. The molecule has 0 aromatic carbocycles. The summed E-state index contributed by atoms with van der Waals surface area (Å²) in [5.74, 6) is -0.367. The minimum atomic E-state index is -0.966. The monoisotopic (exact) mass is 249 g/mol. The normalized spacial score (nSPS) is 10.2. The first-order valence-electron chi connectivity index (χ1n) is 4.96. The molecule has 2 rings (SSSR count). The molecule has 0 saturated carbocycles. The number of anilines is 2. The van der Waals surface area contributed by atoms with E-state index in [0.717, 1.165) is 10.8 Å². The van der Waals surface area contributed by atoms with Crippen molar-refractivity contribution in [3.63, 3.8) is 0 Å². The van der Waals surface area contributed by atoms with Gasteiger partial charge in [0.15, 0.2) is 5.13 Å². The molecule has 0 bridgehead atoms. The van der Waals surface area contributed by atoms with E-state index < -0.39 is 5.97 Å². The fourth-order valence-corrected chi connectivity index (χ4v) is 2.07. The van der Waals surface area contributed by atoms with Gasteiger partial charge >= 0.3 is 5.97 Å². The number of hydrogen-bond donors (Lipinski definition) is 2. The summed E-state index contributed by atoms with van der Waals surface area (Å²) in [6.45, 7) is 3.58. The molecule has 0 amide bonds. The zero-order chi connectivity index (χ0) is 12.4. The number of nitrogens with zero attached hydrogens (tertiary/aromatic N) is 2. The van der Waals surface area contributed by atoms with Crippen LogP contribution in [0.1, 0.15) is 21.7 Å². The van der Waals surface area contributed by atoms with E-state index in [1.54, 1.807) is 13.0 Å². The predicted molar refractivity (Wildman–Crippen MR) is 66.1 cm³/mol. The molecule has 0 aliphatic rings. The Hall–Kier alpha value is -1.95. The first-order chi connectivity index (χ1) is 8.06. The molecular formula is C11H11N3O2S. The maximum atomic E-state index is 10.8. The minimum absolute atomic E-state index is 0.214. The predicted octanol–water partition coefficient (Wildman–Crippen LogP) is 2.60. The Balaban J connectivity index is 2.23. The molecule has 88 valence electrons. The summed E-state index contributed by atoms with van der Waals surface area (Å²) in [6.07, 6.45) is 0. The second kappa shape index (κ2) is 4.50. The smallest absolute Gasteiger partial charge is 0.337 e. The molecule has 2 N–H and O–H groups in total. The molecular weight excluding hydrogens is 238 g/mol. The van der Waals surface area contributed by atoms with Crippen LogP contribution < -0.4 is 5.32 Å². The number of nitrogens with one attached hydrogen (secondary N) is 1. The number of thiazole rings is 1. The topological polar surface area (TPSA) is 75.1 Å².